The number of nitrogens with two attached hydrogens (primary N) is 1. The minimum Gasteiger partial charge on any atom is -0.420 e. The largest absolute Gasteiger partial charge is 0.433 e. The summed E-state index contributed by atoms with van der Waals surface area (Å²) in [6, 6.07) is 11.9. The van der Waals surface area contributed by atoms with Crippen LogP contribution in [0.2, 0.25) is 0 Å². The van der Waals surface area contributed by atoms with Crippen LogP contribution in [-0.2, 0) is 11.6 Å². The number of H-pyrrole nitrogens is 1. The molecule has 3 N–H and O–H groups in total. The minimum absolute atomic E-state index is 0.0633. The molecule has 2 heterocycles. The molecule has 1 saturated carbocycles. The van der Waals surface area contributed by atoms with Crippen LogP contribution in [-0.4, -0.2) is 10.2 Å². The highest BCUT2D eigenvalue weighted by molar-refractivity contribution is 5.55. The lowest BCUT2D eigenvalue weighted by molar-refractivity contribution is -0.142. The Bertz CT molecular complexity index is 932. The number of hydrogen-bond donors (Lipinski definition) is 2. The number of nitriles is 1. The molecule has 140 valence electrons. The Balaban J connectivity index is 1.78. The molecule has 8 heteroatoms. The number of alkyl halides is 3. The van der Waals surface area contributed by atoms with E-state index in [9.17, 15) is 18.4 Å². The van der Waals surface area contributed by atoms with Gasteiger partial charge in [0.05, 0.1) is 5.56 Å². The first kappa shape index (κ1) is 17.5. The number of nitrogens with one attached hydrogen (secondary N) is 1. The molecule has 0 atom stereocenters. The van der Waals surface area contributed by atoms with Gasteiger partial charge in [-0.1, -0.05) is 30.3 Å². The first-order valence-corrected chi connectivity index (χ1v) is 8.66. The number of benzene rings is 1. The van der Waals surface area contributed by atoms with E-state index in [1.165, 1.54) is 0 Å². The molecule has 0 saturated heterocycles. The third-order valence-electron chi connectivity index (χ3n) is 5.65. The molecular weight excluding hydrogens is 357 g/mol. The number of allylic oxidation sites excluding steroid dienone is 1. The van der Waals surface area contributed by atoms with Crippen molar-refractivity contribution in [1.29, 1.82) is 5.26 Å². The molecule has 27 heavy (non-hydrogen) atoms. The maximum atomic E-state index is 13.6. The smallest absolute Gasteiger partial charge is 0.420 e. The lowest BCUT2D eigenvalue weighted by atomic mass is 9.61. The highest BCUT2D eigenvalue weighted by Gasteiger charge is 2.53. The second-order valence-electron chi connectivity index (χ2n) is 7.00. The van der Waals surface area contributed by atoms with Crippen molar-refractivity contribution in [3.63, 3.8) is 0 Å². The summed E-state index contributed by atoms with van der Waals surface area (Å²) in [5.41, 5.74) is 4.91. The van der Waals surface area contributed by atoms with Crippen molar-refractivity contribution < 1.29 is 17.9 Å². The number of fused-ring (bicyclic) bond motifs is 2. The summed E-state index contributed by atoms with van der Waals surface area (Å²) < 4.78 is 45.9. The van der Waals surface area contributed by atoms with Crippen LogP contribution in [0.15, 0.2) is 41.8 Å². The van der Waals surface area contributed by atoms with Crippen LogP contribution in [0, 0.1) is 11.3 Å². The van der Waals surface area contributed by atoms with Crippen molar-refractivity contribution in [1.82, 2.24) is 10.2 Å². The Labute approximate surface area is 153 Å². The topological polar surface area (TPSA) is 87.7 Å². The van der Waals surface area contributed by atoms with E-state index >= 15 is 0 Å². The van der Waals surface area contributed by atoms with Gasteiger partial charge in [0.15, 0.2) is 0 Å². The zero-order valence-corrected chi connectivity index (χ0v) is 14.3. The molecule has 0 unspecified atom stereocenters. The van der Waals surface area contributed by atoms with Crippen LogP contribution >= 0.6 is 0 Å². The monoisotopic (exact) mass is 374 g/mol. The molecule has 2 aromatic rings. The van der Waals surface area contributed by atoms with Gasteiger partial charge in [-0.15, -0.1) is 5.10 Å². The quantitative estimate of drug-likeness (QED) is 0.786. The zero-order chi connectivity index (χ0) is 19.2. The lowest BCUT2D eigenvalue weighted by Crippen LogP contribution is -2.39. The van der Waals surface area contributed by atoms with Crippen molar-refractivity contribution in [3.8, 4) is 11.9 Å². The SMILES string of the molecule is N#CC1=C(N)Oc2n[nH]c(C(F)(F)F)c2C12CCC(c1ccccc1)CC2. The predicted molar refractivity (Wildman–Crippen MR) is 90.4 cm³/mol. The summed E-state index contributed by atoms with van der Waals surface area (Å²) in [5, 5.41) is 15.4. The van der Waals surface area contributed by atoms with Crippen LogP contribution in [0.4, 0.5) is 13.2 Å². The number of nitrogens with zero attached hydrogens (tertiary/aromatic N) is 2. The average Bonchev–Trinajstić information content (AvgIpc) is 3.08. The van der Waals surface area contributed by atoms with E-state index in [1.54, 1.807) is 0 Å². The minimum atomic E-state index is -4.63. The molecular formula is C19H17F3N4O. The highest BCUT2D eigenvalue weighted by Crippen LogP contribution is 2.56. The molecule has 1 aliphatic heterocycles. The van der Waals surface area contributed by atoms with Crippen LogP contribution in [0.5, 0.6) is 5.88 Å². The van der Waals surface area contributed by atoms with Gasteiger partial charge in [0, 0.05) is 5.41 Å². The van der Waals surface area contributed by atoms with Crippen LogP contribution in [0.3, 0.4) is 0 Å². The molecule has 0 radical (unpaired) electrons. The van der Waals surface area contributed by atoms with E-state index < -0.39 is 17.3 Å². The Hall–Kier alpha value is -2.95. The second kappa shape index (κ2) is 6.05. The zero-order valence-electron chi connectivity index (χ0n) is 14.3. The number of halogens is 3. The Morgan fingerprint density at radius 2 is 1.89 bits per heavy atom. The molecule has 0 amide bonds. The van der Waals surface area contributed by atoms with Gasteiger partial charge in [-0.05, 0) is 37.2 Å². The van der Waals surface area contributed by atoms with Gasteiger partial charge in [0.25, 0.3) is 0 Å². The van der Waals surface area contributed by atoms with Crippen LogP contribution < -0.4 is 10.5 Å². The lowest BCUT2D eigenvalue weighted by Gasteiger charge is -2.42. The van der Waals surface area contributed by atoms with E-state index in [-0.39, 0.29) is 28.8 Å². The Morgan fingerprint density at radius 3 is 2.48 bits per heavy atom. The van der Waals surface area contributed by atoms with Gasteiger partial charge in [0.1, 0.15) is 17.3 Å². The Morgan fingerprint density at radius 1 is 1.22 bits per heavy atom. The number of rotatable bonds is 1. The molecule has 1 aromatic heterocycles. The number of hydrogen-bond acceptors (Lipinski definition) is 4. The first-order chi connectivity index (χ1) is 12.9. The van der Waals surface area contributed by atoms with Crippen LogP contribution in [0.1, 0.15) is 48.4 Å². The molecule has 5 nitrogen and oxygen atoms in total. The molecule has 1 aromatic carbocycles. The summed E-state index contributed by atoms with van der Waals surface area (Å²) in [7, 11) is 0. The van der Waals surface area contributed by atoms with Gasteiger partial charge >= 0.3 is 6.18 Å². The van der Waals surface area contributed by atoms with Crippen molar-refractivity contribution in [3.05, 3.63) is 58.6 Å². The van der Waals surface area contributed by atoms with E-state index in [1.807, 2.05) is 41.5 Å². The van der Waals surface area contributed by atoms with E-state index in [2.05, 4.69) is 5.10 Å². The summed E-state index contributed by atoms with van der Waals surface area (Å²) >= 11 is 0. The van der Waals surface area contributed by atoms with Gasteiger partial charge < -0.3 is 10.5 Å². The summed E-state index contributed by atoms with van der Waals surface area (Å²) in [6.45, 7) is 0. The van der Waals surface area contributed by atoms with Crippen molar-refractivity contribution in [2.45, 2.75) is 43.2 Å². The Kier molecular flexibility index (Phi) is 3.91. The average molecular weight is 374 g/mol. The summed E-state index contributed by atoms with van der Waals surface area (Å²) in [6.07, 6.45) is -2.60. The molecule has 1 fully saturated rings. The fourth-order valence-electron chi connectivity index (χ4n) is 4.40. The highest BCUT2D eigenvalue weighted by atomic mass is 19.4. The molecule has 4 rings (SSSR count). The predicted octanol–water partition coefficient (Wildman–Crippen LogP) is 4.11. The number of ether oxygens (including phenoxy) is 1. The maximum absolute atomic E-state index is 13.6. The molecule has 2 aliphatic rings. The van der Waals surface area contributed by atoms with Gasteiger partial charge in [-0.25, -0.2) is 0 Å². The third kappa shape index (κ3) is 2.65. The summed E-state index contributed by atoms with van der Waals surface area (Å²) in [4.78, 5) is 0. The number of aromatic nitrogens is 2. The van der Waals surface area contributed by atoms with E-state index in [0.29, 0.717) is 25.7 Å². The molecule has 0 bridgehead atoms. The van der Waals surface area contributed by atoms with Crippen LogP contribution in [0.25, 0.3) is 0 Å². The third-order valence-corrected chi connectivity index (χ3v) is 5.65. The second-order valence-corrected chi connectivity index (χ2v) is 7.00. The van der Waals surface area contributed by atoms with Crippen molar-refractivity contribution >= 4 is 0 Å². The standard InChI is InChI=1S/C19H17F3N4O/c20-19(21,22)15-14-17(26-25-15)27-16(24)13(10-23)18(14)8-6-12(7-9-18)11-4-2-1-3-5-11/h1-5,12H,6-9,24H2,(H,25,26). The fourth-order valence-corrected chi connectivity index (χ4v) is 4.40. The van der Waals surface area contributed by atoms with Crippen molar-refractivity contribution in [2.75, 3.05) is 0 Å². The molecule has 1 spiro atoms. The first-order valence-electron chi connectivity index (χ1n) is 8.66. The summed E-state index contributed by atoms with van der Waals surface area (Å²) in [5.74, 6) is -0.120. The van der Waals surface area contributed by atoms with Crippen molar-refractivity contribution in [2.24, 2.45) is 5.73 Å². The van der Waals surface area contributed by atoms with E-state index in [4.69, 9.17) is 10.5 Å². The van der Waals surface area contributed by atoms with Gasteiger partial charge in [-0.3, -0.25) is 5.10 Å². The van der Waals surface area contributed by atoms with Gasteiger partial charge in [-0.2, -0.15) is 18.4 Å². The number of aromatic amines is 1. The fraction of sp³-hybridized carbons (Fsp3) is 0.368. The molecule has 1 aliphatic carbocycles. The van der Waals surface area contributed by atoms with E-state index in [0.717, 1.165) is 5.56 Å². The normalized spacial score (nSPS) is 25.0. The van der Waals surface area contributed by atoms with Gasteiger partial charge in [0.2, 0.25) is 11.8 Å². The maximum Gasteiger partial charge on any atom is 0.433 e.